The van der Waals surface area contributed by atoms with Crippen molar-refractivity contribution in [2.24, 2.45) is 5.92 Å². The minimum absolute atomic E-state index is 0.108. The van der Waals surface area contributed by atoms with Gasteiger partial charge in [-0.2, -0.15) is 0 Å². The summed E-state index contributed by atoms with van der Waals surface area (Å²) in [6, 6.07) is 7.52. The van der Waals surface area contributed by atoms with Crippen LogP contribution in [0.25, 0.3) is 0 Å². The third-order valence-electron chi connectivity index (χ3n) is 4.03. The van der Waals surface area contributed by atoms with Crippen LogP contribution < -0.4 is 5.32 Å². The second kappa shape index (κ2) is 8.64. The number of hydrogen-bond donors (Lipinski definition) is 1. The fourth-order valence-corrected chi connectivity index (χ4v) is 2.95. The zero-order valence-corrected chi connectivity index (χ0v) is 14.5. The van der Waals surface area contributed by atoms with Gasteiger partial charge < -0.3 is 15.0 Å². The number of amides is 2. The molecule has 1 fully saturated rings. The molecule has 0 aromatic heterocycles. The van der Waals surface area contributed by atoms with E-state index in [1.165, 1.54) is 6.08 Å². The first kappa shape index (κ1) is 18.2. The van der Waals surface area contributed by atoms with Gasteiger partial charge in [0.1, 0.15) is 0 Å². The van der Waals surface area contributed by atoms with Gasteiger partial charge in [0.25, 0.3) is 0 Å². The monoisotopic (exact) mass is 330 g/mol. The number of hydrogen-bond acceptors (Lipinski definition) is 3. The first-order chi connectivity index (χ1) is 11.5. The van der Waals surface area contributed by atoms with Gasteiger partial charge >= 0.3 is 0 Å². The smallest absolute Gasteiger partial charge is 0.247 e. The van der Waals surface area contributed by atoms with Crippen LogP contribution in [0.1, 0.15) is 25.8 Å². The average molecular weight is 330 g/mol. The summed E-state index contributed by atoms with van der Waals surface area (Å²) in [5.74, 6) is 0.365. The zero-order valence-electron chi connectivity index (χ0n) is 14.5. The Morgan fingerprint density at radius 3 is 2.96 bits per heavy atom. The lowest BCUT2D eigenvalue weighted by molar-refractivity contribution is -0.139. The third-order valence-corrected chi connectivity index (χ3v) is 4.03. The van der Waals surface area contributed by atoms with Gasteiger partial charge in [-0.1, -0.05) is 32.6 Å². The molecule has 0 bridgehead atoms. The van der Waals surface area contributed by atoms with E-state index < -0.39 is 0 Å². The molecule has 1 aliphatic heterocycles. The van der Waals surface area contributed by atoms with Crippen LogP contribution in [0.4, 0.5) is 5.69 Å². The van der Waals surface area contributed by atoms with E-state index in [1.807, 2.05) is 23.1 Å². The maximum atomic E-state index is 12.7. The third kappa shape index (κ3) is 5.20. The lowest BCUT2D eigenvalue weighted by atomic mass is 10.0. The molecule has 0 saturated carbocycles. The van der Waals surface area contributed by atoms with Crippen LogP contribution in [0.5, 0.6) is 0 Å². The van der Waals surface area contributed by atoms with E-state index in [-0.39, 0.29) is 17.9 Å². The Bertz CT molecular complexity index is 598. The molecule has 0 unspecified atom stereocenters. The average Bonchev–Trinajstić information content (AvgIpc) is 2.55. The molecule has 5 nitrogen and oxygen atoms in total. The van der Waals surface area contributed by atoms with E-state index in [1.54, 1.807) is 6.07 Å². The molecule has 1 heterocycles. The first-order valence-electron chi connectivity index (χ1n) is 8.39. The van der Waals surface area contributed by atoms with Crippen LogP contribution in [0, 0.1) is 5.92 Å². The Morgan fingerprint density at radius 2 is 2.25 bits per heavy atom. The van der Waals surface area contributed by atoms with E-state index in [0.717, 1.165) is 12.0 Å². The van der Waals surface area contributed by atoms with E-state index in [9.17, 15) is 9.59 Å². The molecule has 1 saturated heterocycles. The SMILES string of the molecule is C=CC(=O)Nc1cccc(CC(=O)N2CCOC[C@@H]2CC(C)C)c1. The van der Waals surface area contributed by atoms with Crippen LogP contribution >= 0.6 is 0 Å². The number of benzene rings is 1. The van der Waals surface area contributed by atoms with Crippen molar-refractivity contribution in [3.8, 4) is 0 Å². The van der Waals surface area contributed by atoms with Crippen molar-refractivity contribution in [3.63, 3.8) is 0 Å². The van der Waals surface area contributed by atoms with E-state index >= 15 is 0 Å². The fourth-order valence-electron chi connectivity index (χ4n) is 2.95. The summed E-state index contributed by atoms with van der Waals surface area (Å²) >= 11 is 0. The Kier molecular flexibility index (Phi) is 6.55. The number of anilines is 1. The maximum absolute atomic E-state index is 12.7. The topological polar surface area (TPSA) is 58.6 Å². The van der Waals surface area contributed by atoms with Gasteiger partial charge in [-0.15, -0.1) is 0 Å². The molecule has 1 N–H and O–H groups in total. The minimum atomic E-state index is -0.261. The van der Waals surface area contributed by atoms with Crippen LogP contribution in [-0.4, -0.2) is 42.5 Å². The molecule has 1 aromatic carbocycles. The van der Waals surface area contributed by atoms with E-state index in [0.29, 0.717) is 37.8 Å². The summed E-state index contributed by atoms with van der Waals surface area (Å²) in [6.45, 7) is 9.59. The molecule has 1 aliphatic rings. The molecule has 1 atom stereocenters. The van der Waals surface area contributed by atoms with Crippen molar-refractivity contribution < 1.29 is 14.3 Å². The molecule has 24 heavy (non-hydrogen) atoms. The standard InChI is InChI=1S/C19H26N2O3/c1-4-18(22)20-16-7-5-6-15(11-16)12-19(23)21-8-9-24-13-17(21)10-14(2)3/h4-7,11,14,17H,1,8-10,12-13H2,2-3H3,(H,20,22)/t17-/m0/s1. The van der Waals surface area contributed by atoms with Crippen LogP contribution in [0.3, 0.4) is 0 Å². The molecule has 0 spiro atoms. The van der Waals surface area contributed by atoms with Gasteiger partial charge in [-0.05, 0) is 36.1 Å². The van der Waals surface area contributed by atoms with Crippen molar-refractivity contribution in [2.75, 3.05) is 25.1 Å². The Labute approximate surface area is 143 Å². The van der Waals surface area contributed by atoms with Crippen LogP contribution in [-0.2, 0) is 20.7 Å². The van der Waals surface area contributed by atoms with E-state index in [4.69, 9.17) is 4.74 Å². The predicted octanol–water partition coefficient (Wildman–Crippen LogP) is 2.63. The summed E-state index contributed by atoms with van der Waals surface area (Å²) < 4.78 is 5.54. The minimum Gasteiger partial charge on any atom is -0.377 e. The molecule has 0 radical (unpaired) electrons. The Hall–Kier alpha value is -2.14. The summed E-state index contributed by atoms with van der Waals surface area (Å²) in [6.07, 6.45) is 2.50. The molecule has 0 aliphatic carbocycles. The van der Waals surface area contributed by atoms with Crippen molar-refractivity contribution >= 4 is 17.5 Å². The molecular weight excluding hydrogens is 304 g/mol. The quantitative estimate of drug-likeness (QED) is 0.816. The number of nitrogens with zero attached hydrogens (tertiary/aromatic N) is 1. The van der Waals surface area contributed by atoms with Crippen LogP contribution in [0.15, 0.2) is 36.9 Å². The van der Waals surface area contributed by atoms with E-state index in [2.05, 4.69) is 25.7 Å². The normalized spacial score (nSPS) is 17.6. The zero-order chi connectivity index (χ0) is 17.5. The summed E-state index contributed by atoms with van der Waals surface area (Å²) in [5, 5.41) is 2.72. The second-order valence-corrected chi connectivity index (χ2v) is 6.52. The molecule has 5 heteroatoms. The molecular formula is C19H26N2O3. The van der Waals surface area contributed by atoms with Gasteiger partial charge in [0.15, 0.2) is 0 Å². The number of morpholine rings is 1. The van der Waals surface area contributed by atoms with Crippen molar-refractivity contribution in [2.45, 2.75) is 32.7 Å². The molecule has 130 valence electrons. The van der Waals surface area contributed by atoms with Gasteiger partial charge in [-0.25, -0.2) is 0 Å². The number of ether oxygens (including phenoxy) is 1. The number of rotatable bonds is 6. The second-order valence-electron chi connectivity index (χ2n) is 6.52. The Balaban J connectivity index is 2.03. The largest absolute Gasteiger partial charge is 0.377 e. The molecule has 2 rings (SSSR count). The van der Waals surface area contributed by atoms with Crippen molar-refractivity contribution in [1.29, 1.82) is 0 Å². The fraction of sp³-hybridized carbons (Fsp3) is 0.474. The summed E-state index contributed by atoms with van der Waals surface area (Å²) in [5.41, 5.74) is 1.56. The number of nitrogens with one attached hydrogen (secondary N) is 1. The Morgan fingerprint density at radius 1 is 1.46 bits per heavy atom. The van der Waals surface area contributed by atoms with Gasteiger partial charge in [0, 0.05) is 12.2 Å². The predicted molar refractivity (Wildman–Crippen MR) is 94.7 cm³/mol. The highest BCUT2D eigenvalue weighted by Crippen LogP contribution is 2.18. The summed E-state index contributed by atoms with van der Waals surface area (Å²) in [7, 11) is 0. The molecule has 2 amide bonds. The van der Waals surface area contributed by atoms with Crippen LogP contribution in [0.2, 0.25) is 0 Å². The highest BCUT2D eigenvalue weighted by atomic mass is 16.5. The van der Waals surface area contributed by atoms with Gasteiger partial charge in [0.05, 0.1) is 25.7 Å². The lowest BCUT2D eigenvalue weighted by Gasteiger charge is -2.36. The van der Waals surface area contributed by atoms with Gasteiger partial charge in [-0.3, -0.25) is 9.59 Å². The summed E-state index contributed by atoms with van der Waals surface area (Å²) in [4.78, 5) is 26.0. The maximum Gasteiger partial charge on any atom is 0.247 e. The lowest BCUT2D eigenvalue weighted by Crippen LogP contribution is -2.49. The number of carbonyl (C=O) groups excluding carboxylic acids is 2. The highest BCUT2D eigenvalue weighted by Gasteiger charge is 2.27. The van der Waals surface area contributed by atoms with Crippen molar-refractivity contribution in [1.82, 2.24) is 4.90 Å². The van der Waals surface area contributed by atoms with Crippen molar-refractivity contribution in [3.05, 3.63) is 42.5 Å². The van der Waals surface area contributed by atoms with Gasteiger partial charge in [0.2, 0.25) is 11.8 Å². The molecule has 1 aromatic rings. The first-order valence-corrected chi connectivity index (χ1v) is 8.39. The highest BCUT2D eigenvalue weighted by molar-refractivity contribution is 5.98. The number of carbonyl (C=O) groups is 2.